The molecule has 160 valence electrons. The van der Waals surface area contributed by atoms with E-state index >= 15 is 0 Å². The summed E-state index contributed by atoms with van der Waals surface area (Å²) in [6, 6.07) is 5.44. The van der Waals surface area contributed by atoms with E-state index in [-0.39, 0.29) is 22.9 Å². The molecule has 11 heteroatoms. The molecule has 0 saturated heterocycles. The highest BCUT2D eigenvalue weighted by Gasteiger charge is 2.43. The van der Waals surface area contributed by atoms with Crippen molar-refractivity contribution in [2.75, 3.05) is 0 Å². The molecule has 2 heterocycles. The van der Waals surface area contributed by atoms with Crippen molar-refractivity contribution >= 4 is 23.2 Å². The summed E-state index contributed by atoms with van der Waals surface area (Å²) >= 11 is 0. The van der Waals surface area contributed by atoms with Crippen LogP contribution in [-0.4, -0.2) is 11.8 Å². The second-order valence-corrected chi connectivity index (χ2v) is 6.71. The van der Waals surface area contributed by atoms with Gasteiger partial charge in [0, 0.05) is 5.56 Å². The lowest BCUT2D eigenvalue weighted by Gasteiger charge is -2.15. The Morgan fingerprint density at radius 1 is 0.613 bits per heavy atom. The molecule has 2 aliphatic rings. The molecule has 2 aromatic rings. The number of hydrogen-bond donors (Lipinski definition) is 2. The smallest absolute Gasteiger partial charge is 0.321 e. The molecule has 2 amide bonds. The summed E-state index contributed by atoms with van der Waals surface area (Å²) in [6.45, 7) is 0. The molecule has 2 aliphatic heterocycles. The van der Waals surface area contributed by atoms with Crippen LogP contribution in [0.3, 0.4) is 0 Å². The third kappa shape index (κ3) is 3.56. The SMILES string of the molecule is O=C1NC(c2cc(C(F)(F)F)cc(C(F)(F)F)c2)=C2C(=O)NC(c3ccc(F)cc3)=C12. The second-order valence-electron chi connectivity index (χ2n) is 6.71. The van der Waals surface area contributed by atoms with Crippen molar-refractivity contribution in [3.05, 3.63) is 81.7 Å². The minimum atomic E-state index is -5.10. The number of benzene rings is 2. The van der Waals surface area contributed by atoms with E-state index in [1.54, 1.807) is 0 Å². The van der Waals surface area contributed by atoms with Gasteiger partial charge in [0.05, 0.1) is 33.7 Å². The van der Waals surface area contributed by atoms with Gasteiger partial charge in [0.25, 0.3) is 11.8 Å². The van der Waals surface area contributed by atoms with E-state index in [0.29, 0.717) is 12.1 Å². The molecule has 0 saturated carbocycles. The van der Waals surface area contributed by atoms with Crippen molar-refractivity contribution in [1.29, 1.82) is 0 Å². The number of fused-ring (bicyclic) bond motifs is 1. The van der Waals surface area contributed by atoms with Gasteiger partial charge >= 0.3 is 12.4 Å². The number of halogens is 7. The summed E-state index contributed by atoms with van der Waals surface area (Å²) in [5.74, 6) is -2.38. The standard InChI is InChI=1S/C20H9F7N2O2/c21-12-3-1-8(2-4-12)15-13-14(18(31)28-15)16(29-17(13)30)9-5-10(19(22,23)24)7-11(6-9)20(25,26)27/h1-7H,(H,28,31)(H,29,30). The molecule has 0 unspecified atom stereocenters. The first-order valence-electron chi connectivity index (χ1n) is 8.53. The van der Waals surface area contributed by atoms with Crippen LogP contribution in [0.1, 0.15) is 22.3 Å². The summed E-state index contributed by atoms with van der Waals surface area (Å²) < 4.78 is 92.2. The molecule has 0 aliphatic carbocycles. The number of carbonyl (C=O) groups excluding carboxylic acids is 2. The lowest BCUT2D eigenvalue weighted by molar-refractivity contribution is -0.143. The third-order valence-corrected chi connectivity index (χ3v) is 4.69. The molecular weight excluding hydrogens is 433 g/mol. The van der Waals surface area contributed by atoms with E-state index in [2.05, 4.69) is 10.6 Å². The Morgan fingerprint density at radius 2 is 1.03 bits per heavy atom. The highest BCUT2D eigenvalue weighted by molar-refractivity contribution is 6.30. The minimum Gasteiger partial charge on any atom is -0.321 e. The summed E-state index contributed by atoms with van der Waals surface area (Å²) in [4.78, 5) is 25.0. The molecule has 4 rings (SSSR count). The van der Waals surface area contributed by atoms with E-state index in [1.807, 2.05) is 0 Å². The minimum absolute atomic E-state index is 0.0319. The van der Waals surface area contributed by atoms with Gasteiger partial charge in [-0.3, -0.25) is 9.59 Å². The van der Waals surface area contributed by atoms with Gasteiger partial charge in [0.15, 0.2) is 0 Å². The van der Waals surface area contributed by atoms with Gasteiger partial charge in [0.1, 0.15) is 5.82 Å². The van der Waals surface area contributed by atoms with Crippen LogP contribution in [0.4, 0.5) is 30.7 Å². The van der Waals surface area contributed by atoms with Crippen molar-refractivity contribution in [2.24, 2.45) is 0 Å². The maximum absolute atomic E-state index is 13.2. The highest BCUT2D eigenvalue weighted by atomic mass is 19.4. The van der Waals surface area contributed by atoms with Crippen LogP contribution in [0, 0.1) is 5.82 Å². The molecular formula is C20H9F7N2O2. The molecule has 2 aromatic carbocycles. The van der Waals surface area contributed by atoms with Gasteiger partial charge in [-0.05, 0) is 48.0 Å². The molecule has 0 bridgehead atoms. The summed E-state index contributed by atoms with van der Waals surface area (Å²) in [5, 5.41) is 4.55. The van der Waals surface area contributed by atoms with Crippen LogP contribution < -0.4 is 10.6 Å². The van der Waals surface area contributed by atoms with Crippen LogP contribution in [0.25, 0.3) is 11.4 Å². The Morgan fingerprint density at radius 3 is 1.45 bits per heavy atom. The Labute approximate surface area is 169 Å². The van der Waals surface area contributed by atoms with E-state index in [0.717, 1.165) is 12.1 Å². The van der Waals surface area contributed by atoms with Crippen molar-refractivity contribution < 1.29 is 40.3 Å². The summed E-state index contributed by atoms with van der Waals surface area (Å²) in [6.07, 6.45) is -10.2. The van der Waals surface area contributed by atoms with E-state index < -0.39 is 57.9 Å². The zero-order valence-electron chi connectivity index (χ0n) is 15.0. The van der Waals surface area contributed by atoms with Crippen LogP contribution >= 0.6 is 0 Å². The van der Waals surface area contributed by atoms with Crippen molar-refractivity contribution in [3.8, 4) is 0 Å². The predicted octanol–water partition coefficient (Wildman–Crippen LogP) is 4.25. The first kappa shape index (κ1) is 20.6. The average molecular weight is 442 g/mol. The number of rotatable bonds is 2. The van der Waals surface area contributed by atoms with E-state index in [4.69, 9.17) is 0 Å². The Bertz CT molecular complexity index is 1160. The maximum Gasteiger partial charge on any atom is 0.416 e. The number of nitrogens with one attached hydrogen (secondary N) is 2. The van der Waals surface area contributed by atoms with E-state index in [9.17, 15) is 40.3 Å². The first-order valence-corrected chi connectivity index (χ1v) is 8.53. The first-order chi connectivity index (χ1) is 14.4. The lowest BCUT2D eigenvalue weighted by Crippen LogP contribution is -2.22. The predicted molar refractivity (Wildman–Crippen MR) is 93.0 cm³/mol. The number of hydrogen-bond acceptors (Lipinski definition) is 2. The van der Waals surface area contributed by atoms with Crippen LogP contribution in [0.5, 0.6) is 0 Å². The summed E-state index contributed by atoms with van der Waals surface area (Å²) in [7, 11) is 0. The zero-order valence-corrected chi connectivity index (χ0v) is 15.0. The molecule has 31 heavy (non-hydrogen) atoms. The number of amides is 2. The zero-order chi connectivity index (χ0) is 22.7. The molecule has 0 spiro atoms. The Hall–Kier alpha value is -3.63. The van der Waals surface area contributed by atoms with Crippen molar-refractivity contribution in [1.82, 2.24) is 10.6 Å². The largest absolute Gasteiger partial charge is 0.416 e. The fraction of sp³-hybridized carbons (Fsp3) is 0.100. The third-order valence-electron chi connectivity index (χ3n) is 4.69. The monoisotopic (exact) mass is 442 g/mol. The number of carbonyl (C=O) groups is 2. The van der Waals surface area contributed by atoms with Gasteiger partial charge < -0.3 is 10.6 Å². The van der Waals surface area contributed by atoms with Gasteiger partial charge in [-0.2, -0.15) is 26.3 Å². The maximum atomic E-state index is 13.2. The molecule has 4 nitrogen and oxygen atoms in total. The van der Waals surface area contributed by atoms with Crippen molar-refractivity contribution in [3.63, 3.8) is 0 Å². The summed E-state index contributed by atoms with van der Waals surface area (Å²) in [5.41, 5.74) is -4.73. The van der Waals surface area contributed by atoms with Gasteiger partial charge in [-0.1, -0.05) is 0 Å². The van der Waals surface area contributed by atoms with Gasteiger partial charge in [-0.15, -0.1) is 0 Å². The quantitative estimate of drug-likeness (QED) is 0.684. The molecule has 2 N–H and O–H groups in total. The van der Waals surface area contributed by atoms with Crippen LogP contribution in [0.15, 0.2) is 53.6 Å². The van der Waals surface area contributed by atoms with Crippen LogP contribution in [-0.2, 0) is 21.9 Å². The Balaban J connectivity index is 1.93. The molecule has 0 atom stereocenters. The number of alkyl halides is 6. The fourth-order valence-corrected chi connectivity index (χ4v) is 3.33. The van der Waals surface area contributed by atoms with E-state index in [1.165, 1.54) is 12.1 Å². The molecule has 0 aromatic heterocycles. The second kappa shape index (κ2) is 6.69. The van der Waals surface area contributed by atoms with Crippen molar-refractivity contribution in [2.45, 2.75) is 12.4 Å². The highest BCUT2D eigenvalue weighted by Crippen LogP contribution is 2.41. The lowest BCUT2D eigenvalue weighted by atomic mass is 9.98. The average Bonchev–Trinajstić information content (AvgIpc) is 3.19. The fourth-order valence-electron chi connectivity index (χ4n) is 3.33. The van der Waals surface area contributed by atoms with Crippen LogP contribution in [0.2, 0.25) is 0 Å². The molecule has 0 fully saturated rings. The van der Waals surface area contributed by atoms with Gasteiger partial charge in [-0.25, -0.2) is 4.39 Å². The Kier molecular flexibility index (Phi) is 4.45. The normalized spacial score (nSPS) is 16.6. The molecule has 0 radical (unpaired) electrons. The van der Waals surface area contributed by atoms with Gasteiger partial charge in [0.2, 0.25) is 0 Å². The topological polar surface area (TPSA) is 58.2 Å².